The van der Waals surface area contributed by atoms with Crippen LogP contribution in [0.4, 0.5) is 8.78 Å². The maximum atomic E-state index is 13.0. The monoisotopic (exact) mass is 239 g/mol. The first-order chi connectivity index (χ1) is 8.16. The molecule has 0 aliphatic rings. The van der Waals surface area contributed by atoms with Gasteiger partial charge in [0.2, 0.25) is 0 Å². The Bertz CT molecular complexity index is 474. The Balaban J connectivity index is 1.95. The molecule has 0 amide bonds. The highest BCUT2D eigenvalue weighted by Crippen LogP contribution is 2.21. The molecule has 17 heavy (non-hydrogen) atoms. The van der Waals surface area contributed by atoms with Gasteiger partial charge in [-0.3, -0.25) is 0 Å². The quantitative estimate of drug-likeness (QED) is 0.861. The van der Waals surface area contributed by atoms with E-state index in [1.807, 2.05) is 0 Å². The van der Waals surface area contributed by atoms with Crippen molar-refractivity contribution >= 4 is 0 Å². The number of benzene rings is 1. The third-order valence-corrected chi connectivity index (χ3v) is 2.29. The molecule has 0 radical (unpaired) electrons. The van der Waals surface area contributed by atoms with Gasteiger partial charge in [-0.25, -0.2) is 8.78 Å². The molecule has 90 valence electrons. The number of phenols is 1. The molecule has 1 aromatic carbocycles. The Labute approximate surface area is 96.7 Å². The summed E-state index contributed by atoms with van der Waals surface area (Å²) in [5, 5.41) is 11.9. The maximum Gasteiger partial charge on any atom is 0.187 e. The van der Waals surface area contributed by atoms with Crippen molar-refractivity contribution in [3.8, 4) is 5.75 Å². The van der Waals surface area contributed by atoms with E-state index in [9.17, 15) is 8.78 Å². The van der Waals surface area contributed by atoms with E-state index in [1.165, 1.54) is 0 Å². The Morgan fingerprint density at radius 2 is 1.88 bits per heavy atom. The standard InChI is InChI=1S/C12H11F2NO2/c13-10-4-8(5-11(14)12(10)16)6-15-7-9-2-1-3-17-9/h1-5,15-16H,6-7H2. The van der Waals surface area contributed by atoms with Crippen molar-refractivity contribution in [1.29, 1.82) is 0 Å². The molecule has 2 aromatic rings. The van der Waals surface area contributed by atoms with Crippen molar-refractivity contribution in [2.24, 2.45) is 0 Å². The molecular formula is C12H11F2NO2. The van der Waals surface area contributed by atoms with Gasteiger partial charge >= 0.3 is 0 Å². The lowest BCUT2D eigenvalue weighted by molar-refractivity contribution is 0.394. The average Bonchev–Trinajstić information content (AvgIpc) is 2.79. The Kier molecular flexibility index (Phi) is 3.39. The van der Waals surface area contributed by atoms with Crippen LogP contribution in [0.1, 0.15) is 11.3 Å². The third kappa shape index (κ3) is 2.82. The molecular weight excluding hydrogens is 228 g/mol. The Hall–Kier alpha value is -1.88. The molecule has 2 rings (SSSR count). The highest BCUT2D eigenvalue weighted by Gasteiger charge is 2.09. The van der Waals surface area contributed by atoms with Gasteiger partial charge < -0.3 is 14.8 Å². The molecule has 0 saturated heterocycles. The first-order valence-corrected chi connectivity index (χ1v) is 5.07. The molecule has 0 aliphatic carbocycles. The molecule has 1 heterocycles. The van der Waals surface area contributed by atoms with Gasteiger partial charge in [0.1, 0.15) is 5.76 Å². The minimum Gasteiger partial charge on any atom is -0.503 e. The minimum atomic E-state index is -0.959. The molecule has 1 aromatic heterocycles. The fourth-order valence-corrected chi connectivity index (χ4v) is 1.46. The molecule has 2 N–H and O–H groups in total. The van der Waals surface area contributed by atoms with E-state index >= 15 is 0 Å². The van der Waals surface area contributed by atoms with Crippen LogP contribution in [-0.4, -0.2) is 5.11 Å². The normalized spacial score (nSPS) is 10.7. The van der Waals surface area contributed by atoms with E-state index in [-0.39, 0.29) is 6.54 Å². The van der Waals surface area contributed by atoms with E-state index in [2.05, 4.69) is 5.32 Å². The van der Waals surface area contributed by atoms with Crippen LogP contribution in [0.2, 0.25) is 0 Å². The molecule has 0 spiro atoms. The second kappa shape index (κ2) is 4.97. The Morgan fingerprint density at radius 3 is 2.47 bits per heavy atom. The summed E-state index contributed by atoms with van der Waals surface area (Å²) < 4.78 is 31.1. The van der Waals surface area contributed by atoms with Crippen molar-refractivity contribution < 1.29 is 18.3 Å². The fourth-order valence-electron chi connectivity index (χ4n) is 1.46. The van der Waals surface area contributed by atoms with Gasteiger partial charge in [-0.2, -0.15) is 0 Å². The van der Waals surface area contributed by atoms with E-state index in [0.717, 1.165) is 17.9 Å². The van der Waals surface area contributed by atoms with Crippen molar-refractivity contribution in [2.45, 2.75) is 13.1 Å². The number of furan rings is 1. The van der Waals surface area contributed by atoms with Crippen LogP contribution in [0.3, 0.4) is 0 Å². The van der Waals surface area contributed by atoms with Gasteiger partial charge in [0.15, 0.2) is 17.4 Å². The predicted molar refractivity (Wildman–Crippen MR) is 57.3 cm³/mol. The molecule has 0 aliphatic heterocycles. The van der Waals surface area contributed by atoms with Crippen molar-refractivity contribution in [3.63, 3.8) is 0 Å². The van der Waals surface area contributed by atoms with Crippen molar-refractivity contribution in [2.75, 3.05) is 0 Å². The molecule has 0 atom stereocenters. The zero-order valence-electron chi connectivity index (χ0n) is 8.91. The van der Waals surface area contributed by atoms with Gasteiger partial charge in [0, 0.05) is 6.54 Å². The second-order valence-corrected chi connectivity index (χ2v) is 3.59. The average molecular weight is 239 g/mol. The summed E-state index contributed by atoms with van der Waals surface area (Å²) in [5.74, 6) is -2.12. The summed E-state index contributed by atoms with van der Waals surface area (Å²) in [6, 6.07) is 5.74. The zero-order chi connectivity index (χ0) is 12.3. The smallest absolute Gasteiger partial charge is 0.187 e. The summed E-state index contributed by atoms with van der Waals surface area (Å²) in [6.45, 7) is 0.756. The highest BCUT2D eigenvalue weighted by atomic mass is 19.1. The first-order valence-electron chi connectivity index (χ1n) is 5.07. The van der Waals surface area contributed by atoms with Crippen LogP contribution in [0.25, 0.3) is 0 Å². The minimum absolute atomic E-state index is 0.287. The lowest BCUT2D eigenvalue weighted by Crippen LogP contribution is -2.12. The predicted octanol–water partition coefficient (Wildman–Crippen LogP) is 2.55. The summed E-state index contributed by atoms with van der Waals surface area (Å²) in [4.78, 5) is 0. The van der Waals surface area contributed by atoms with Crippen LogP contribution < -0.4 is 5.32 Å². The third-order valence-electron chi connectivity index (χ3n) is 2.29. The van der Waals surface area contributed by atoms with Crippen LogP contribution >= 0.6 is 0 Å². The van der Waals surface area contributed by atoms with Gasteiger partial charge in [0.25, 0.3) is 0 Å². The first kappa shape index (κ1) is 11.6. The van der Waals surface area contributed by atoms with Crippen molar-refractivity contribution in [3.05, 3.63) is 53.5 Å². The number of rotatable bonds is 4. The molecule has 5 heteroatoms. The van der Waals surface area contributed by atoms with Gasteiger partial charge in [0.05, 0.1) is 12.8 Å². The summed E-state index contributed by atoms with van der Waals surface area (Å²) in [5.41, 5.74) is 0.421. The van der Waals surface area contributed by atoms with Crippen LogP contribution in [-0.2, 0) is 13.1 Å². The molecule has 0 fully saturated rings. The number of nitrogens with one attached hydrogen (secondary N) is 1. The summed E-state index contributed by atoms with van der Waals surface area (Å²) >= 11 is 0. The molecule has 3 nitrogen and oxygen atoms in total. The number of halogens is 2. The number of aromatic hydroxyl groups is 1. The number of phenolic OH excluding ortho intramolecular Hbond substituents is 1. The van der Waals surface area contributed by atoms with E-state index in [1.54, 1.807) is 18.4 Å². The molecule has 0 bridgehead atoms. The summed E-state index contributed by atoms with van der Waals surface area (Å²) in [7, 11) is 0. The van der Waals surface area contributed by atoms with Crippen molar-refractivity contribution in [1.82, 2.24) is 5.32 Å². The lowest BCUT2D eigenvalue weighted by atomic mass is 10.2. The SMILES string of the molecule is Oc1c(F)cc(CNCc2ccco2)cc1F. The summed E-state index contributed by atoms with van der Waals surface area (Å²) in [6.07, 6.45) is 1.55. The van der Waals surface area contributed by atoms with Crippen LogP contribution in [0.15, 0.2) is 34.9 Å². The van der Waals surface area contributed by atoms with Gasteiger partial charge in [-0.1, -0.05) is 0 Å². The topological polar surface area (TPSA) is 45.4 Å². The maximum absolute atomic E-state index is 13.0. The van der Waals surface area contributed by atoms with Crippen LogP contribution in [0, 0.1) is 11.6 Å². The number of hydrogen-bond donors (Lipinski definition) is 2. The molecule has 0 saturated carbocycles. The Morgan fingerprint density at radius 1 is 1.18 bits per heavy atom. The van der Waals surface area contributed by atoms with Crippen LogP contribution in [0.5, 0.6) is 5.75 Å². The van der Waals surface area contributed by atoms with Gasteiger partial charge in [-0.15, -0.1) is 0 Å². The largest absolute Gasteiger partial charge is 0.503 e. The second-order valence-electron chi connectivity index (χ2n) is 3.59. The zero-order valence-corrected chi connectivity index (χ0v) is 8.91. The highest BCUT2D eigenvalue weighted by molar-refractivity contribution is 5.29. The van der Waals surface area contributed by atoms with E-state index in [4.69, 9.17) is 9.52 Å². The van der Waals surface area contributed by atoms with Gasteiger partial charge in [-0.05, 0) is 29.8 Å². The van der Waals surface area contributed by atoms with E-state index in [0.29, 0.717) is 12.1 Å². The number of hydrogen-bond acceptors (Lipinski definition) is 3. The fraction of sp³-hybridized carbons (Fsp3) is 0.167. The van der Waals surface area contributed by atoms with E-state index < -0.39 is 17.4 Å². The lowest BCUT2D eigenvalue weighted by Gasteiger charge is -2.05. The molecule has 0 unspecified atom stereocenters.